The van der Waals surface area contributed by atoms with Crippen molar-refractivity contribution in [2.24, 2.45) is 0 Å². The van der Waals surface area contributed by atoms with E-state index in [0.29, 0.717) is 10.0 Å². The van der Waals surface area contributed by atoms with Crippen LogP contribution in [0.1, 0.15) is 27.7 Å². The van der Waals surface area contributed by atoms with Gasteiger partial charge in [-0.1, -0.05) is 22.0 Å². The fourth-order valence-corrected chi connectivity index (χ4v) is 1.80. The van der Waals surface area contributed by atoms with Crippen LogP contribution in [0.4, 0.5) is 0 Å². The molecule has 1 rings (SSSR count). The molecule has 80 valence electrons. The van der Waals surface area contributed by atoms with Gasteiger partial charge in [0.05, 0.1) is 10.4 Å². The summed E-state index contributed by atoms with van der Waals surface area (Å²) in [5, 5.41) is 8.88. The van der Waals surface area contributed by atoms with Crippen molar-refractivity contribution in [1.29, 1.82) is 0 Å². The molecule has 0 amide bonds. The van der Waals surface area contributed by atoms with Crippen molar-refractivity contribution >= 4 is 43.6 Å². The molecule has 0 fully saturated rings. The van der Waals surface area contributed by atoms with E-state index >= 15 is 0 Å². The Morgan fingerprint density at radius 3 is 2.47 bits per heavy atom. The van der Waals surface area contributed by atoms with Crippen LogP contribution in [0.25, 0.3) is 0 Å². The van der Waals surface area contributed by atoms with E-state index in [1.54, 1.807) is 12.1 Å². The number of carboxylic acid groups (broad SMARTS) is 1. The molecule has 1 aromatic rings. The molecule has 1 N–H and O–H groups in total. The predicted molar refractivity (Wildman–Crippen MR) is 63.5 cm³/mol. The van der Waals surface area contributed by atoms with Gasteiger partial charge in [-0.05, 0) is 40.5 Å². The van der Waals surface area contributed by atoms with Gasteiger partial charge >= 0.3 is 5.97 Å². The van der Waals surface area contributed by atoms with Crippen LogP contribution >= 0.6 is 31.9 Å². The van der Waals surface area contributed by atoms with E-state index in [1.807, 2.05) is 0 Å². The van der Waals surface area contributed by atoms with Crippen molar-refractivity contribution in [2.75, 3.05) is 0 Å². The van der Waals surface area contributed by atoms with Crippen LogP contribution in [0, 0.1) is 0 Å². The summed E-state index contributed by atoms with van der Waals surface area (Å²) in [5.74, 6) is -1.08. The number of alkyl halides is 1. The van der Waals surface area contributed by atoms with Crippen LogP contribution < -0.4 is 0 Å². The fraction of sp³-hybridized carbons (Fsp3) is 0.200. The highest BCUT2D eigenvalue weighted by Crippen LogP contribution is 2.27. The average molecular weight is 336 g/mol. The van der Waals surface area contributed by atoms with Crippen LogP contribution in [-0.2, 0) is 4.79 Å². The average Bonchev–Trinajstić information content (AvgIpc) is 2.16. The number of aromatic carboxylic acids is 1. The first-order valence-electron chi connectivity index (χ1n) is 4.10. The summed E-state index contributed by atoms with van der Waals surface area (Å²) in [7, 11) is 0. The molecule has 0 aliphatic heterocycles. The lowest BCUT2D eigenvalue weighted by Crippen LogP contribution is -2.04. The maximum Gasteiger partial charge on any atom is 0.336 e. The van der Waals surface area contributed by atoms with E-state index < -0.39 is 10.8 Å². The van der Waals surface area contributed by atoms with Crippen molar-refractivity contribution in [3.05, 3.63) is 33.8 Å². The third kappa shape index (κ3) is 2.89. The number of Topliss-reactive ketones (excluding diaryl/α,β-unsaturated/α-hetero) is 1. The minimum Gasteiger partial charge on any atom is -0.478 e. The second-order valence-electron chi connectivity index (χ2n) is 3.02. The highest BCUT2D eigenvalue weighted by atomic mass is 79.9. The Morgan fingerprint density at radius 1 is 1.40 bits per heavy atom. The Balaban J connectivity index is 3.18. The van der Waals surface area contributed by atoms with Crippen LogP contribution in [0.5, 0.6) is 0 Å². The maximum absolute atomic E-state index is 11.1. The molecule has 3 nitrogen and oxygen atoms in total. The number of carbonyl (C=O) groups excluding carboxylic acids is 1. The summed E-state index contributed by atoms with van der Waals surface area (Å²) < 4.78 is 0.502. The number of ketones is 1. The first-order valence-corrected chi connectivity index (χ1v) is 5.81. The van der Waals surface area contributed by atoms with E-state index in [0.717, 1.165) is 0 Å². The van der Waals surface area contributed by atoms with Crippen LogP contribution in [0.2, 0.25) is 0 Å². The van der Waals surface area contributed by atoms with Gasteiger partial charge in [-0.3, -0.25) is 4.79 Å². The lowest BCUT2D eigenvalue weighted by molar-refractivity contribution is -0.116. The fourth-order valence-electron chi connectivity index (χ4n) is 1.10. The molecule has 0 heterocycles. The van der Waals surface area contributed by atoms with Gasteiger partial charge in [0.2, 0.25) is 0 Å². The number of halogens is 2. The molecule has 0 spiro atoms. The molecule has 1 atom stereocenters. The number of rotatable bonds is 3. The highest BCUT2D eigenvalue weighted by Gasteiger charge is 2.16. The van der Waals surface area contributed by atoms with E-state index in [4.69, 9.17) is 5.11 Å². The quantitative estimate of drug-likeness (QED) is 0.863. The van der Waals surface area contributed by atoms with Crippen molar-refractivity contribution < 1.29 is 14.7 Å². The molecule has 15 heavy (non-hydrogen) atoms. The van der Waals surface area contributed by atoms with Crippen LogP contribution in [-0.4, -0.2) is 16.9 Å². The Morgan fingerprint density at radius 2 is 2.00 bits per heavy atom. The predicted octanol–water partition coefficient (Wildman–Crippen LogP) is 3.17. The lowest BCUT2D eigenvalue weighted by atomic mass is 10.1. The molecule has 0 aromatic heterocycles. The summed E-state index contributed by atoms with van der Waals surface area (Å²) >= 11 is 6.34. The zero-order valence-corrected chi connectivity index (χ0v) is 11.0. The Bertz CT molecular complexity index is 415. The molecular formula is C10H8Br2O3. The second kappa shape index (κ2) is 4.90. The molecule has 0 saturated carbocycles. The normalized spacial score (nSPS) is 12.2. The van der Waals surface area contributed by atoms with E-state index in [1.165, 1.54) is 13.0 Å². The molecular weight excluding hydrogens is 328 g/mol. The lowest BCUT2D eigenvalue weighted by Gasteiger charge is -2.08. The minimum atomic E-state index is -1.02. The van der Waals surface area contributed by atoms with E-state index in [9.17, 15) is 9.59 Å². The monoisotopic (exact) mass is 334 g/mol. The standard InChI is InChI=1S/C10H8Br2O3/c1-5(13)9(12)6-2-3-8(11)7(4-6)10(14)15/h2-4,9H,1H3,(H,14,15). The molecule has 1 unspecified atom stereocenters. The van der Waals surface area contributed by atoms with Crippen LogP contribution in [0.3, 0.4) is 0 Å². The van der Waals surface area contributed by atoms with Gasteiger partial charge in [-0.2, -0.15) is 0 Å². The number of hydrogen-bond acceptors (Lipinski definition) is 2. The summed E-state index contributed by atoms with van der Waals surface area (Å²) in [6, 6.07) is 4.81. The van der Waals surface area contributed by atoms with E-state index in [-0.39, 0.29) is 11.3 Å². The maximum atomic E-state index is 11.1. The third-order valence-corrected chi connectivity index (χ3v) is 3.74. The van der Waals surface area contributed by atoms with Crippen molar-refractivity contribution in [2.45, 2.75) is 11.8 Å². The van der Waals surface area contributed by atoms with Gasteiger partial charge in [-0.15, -0.1) is 0 Å². The largest absolute Gasteiger partial charge is 0.478 e. The first-order chi connectivity index (χ1) is 6.93. The van der Waals surface area contributed by atoms with Gasteiger partial charge in [0.25, 0.3) is 0 Å². The number of hydrogen-bond donors (Lipinski definition) is 1. The zero-order chi connectivity index (χ0) is 11.6. The van der Waals surface area contributed by atoms with Gasteiger partial charge in [0.15, 0.2) is 0 Å². The molecule has 0 aliphatic carbocycles. The summed E-state index contributed by atoms with van der Waals surface area (Å²) in [4.78, 5) is 21.5. The summed E-state index contributed by atoms with van der Waals surface area (Å²) in [6.07, 6.45) is 0. The first kappa shape index (κ1) is 12.4. The van der Waals surface area contributed by atoms with Gasteiger partial charge in [-0.25, -0.2) is 4.79 Å². The number of carbonyl (C=O) groups is 2. The molecule has 5 heteroatoms. The SMILES string of the molecule is CC(=O)C(Br)c1ccc(Br)c(C(=O)O)c1. The molecule has 0 aliphatic rings. The van der Waals surface area contributed by atoms with Gasteiger partial charge in [0, 0.05) is 4.47 Å². The number of benzene rings is 1. The summed E-state index contributed by atoms with van der Waals surface area (Å²) in [6.45, 7) is 1.45. The second-order valence-corrected chi connectivity index (χ2v) is 4.79. The highest BCUT2D eigenvalue weighted by molar-refractivity contribution is 9.10. The van der Waals surface area contributed by atoms with Gasteiger partial charge in [0.1, 0.15) is 5.78 Å². The summed E-state index contributed by atoms with van der Waals surface area (Å²) in [5.41, 5.74) is 0.793. The van der Waals surface area contributed by atoms with Crippen LogP contribution in [0.15, 0.2) is 22.7 Å². The van der Waals surface area contributed by atoms with Crippen molar-refractivity contribution in [3.8, 4) is 0 Å². The van der Waals surface area contributed by atoms with Gasteiger partial charge < -0.3 is 5.11 Å². The molecule has 0 bridgehead atoms. The van der Waals surface area contributed by atoms with Crippen molar-refractivity contribution in [3.63, 3.8) is 0 Å². The molecule has 0 saturated heterocycles. The zero-order valence-electron chi connectivity index (χ0n) is 7.83. The topological polar surface area (TPSA) is 54.4 Å². The van der Waals surface area contributed by atoms with Crippen molar-refractivity contribution in [1.82, 2.24) is 0 Å². The number of carboxylic acids is 1. The molecule has 0 radical (unpaired) electrons. The smallest absolute Gasteiger partial charge is 0.336 e. The van der Waals surface area contributed by atoms with E-state index in [2.05, 4.69) is 31.9 Å². The molecule has 1 aromatic carbocycles. The Labute approximate surface area is 104 Å². The third-order valence-electron chi connectivity index (χ3n) is 1.87. The Hall–Kier alpha value is -0.680. The minimum absolute atomic E-state index is 0.0614. The Kier molecular flexibility index (Phi) is 4.04.